The molecule has 0 bridgehead atoms. The molecule has 1 aliphatic rings. The van der Waals surface area contributed by atoms with Crippen molar-refractivity contribution in [2.45, 2.75) is 18.9 Å². The van der Waals surface area contributed by atoms with Crippen molar-refractivity contribution in [1.29, 1.82) is 0 Å². The summed E-state index contributed by atoms with van der Waals surface area (Å²) in [7, 11) is 1.90. The second-order valence-corrected chi connectivity index (χ2v) is 5.39. The molecular formula is C17H20N2O3. The molecule has 3 rings (SSSR count). The summed E-state index contributed by atoms with van der Waals surface area (Å²) in [6.45, 7) is 1.58. The van der Waals surface area contributed by atoms with E-state index in [1.807, 2.05) is 42.3 Å². The maximum Gasteiger partial charge on any atom is 0.290 e. The van der Waals surface area contributed by atoms with Crippen molar-refractivity contribution in [3.63, 3.8) is 0 Å². The fourth-order valence-corrected chi connectivity index (χ4v) is 2.79. The zero-order valence-corrected chi connectivity index (χ0v) is 12.6. The Morgan fingerprint density at radius 1 is 1.32 bits per heavy atom. The highest BCUT2D eigenvalue weighted by Gasteiger charge is 2.30. The Bertz CT molecular complexity index is 624. The minimum atomic E-state index is -0.0688. The van der Waals surface area contributed by atoms with Crippen LogP contribution >= 0.6 is 0 Å². The molecule has 0 spiro atoms. The van der Waals surface area contributed by atoms with E-state index in [0.717, 1.165) is 25.9 Å². The first-order valence-electron chi connectivity index (χ1n) is 7.56. The van der Waals surface area contributed by atoms with Crippen molar-refractivity contribution in [3.05, 3.63) is 48.2 Å². The van der Waals surface area contributed by atoms with Gasteiger partial charge in [0.15, 0.2) is 5.76 Å². The predicted octanol–water partition coefficient (Wildman–Crippen LogP) is 2.90. The Hall–Kier alpha value is -2.27. The molecule has 1 aliphatic heterocycles. The first kappa shape index (κ1) is 14.7. The summed E-state index contributed by atoms with van der Waals surface area (Å²) in [5, 5.41) is 3.13. The molecule has 5 heteroatoms. The first-order valence-corrected chi connectivity index (χ1v) is 7.56. The highest BCUT2D eigenvalue weighted by Crippen LogP contribution is 2.26. The quantitative estimate of drug-likeness (QED) is 0.922. The second-order valence-electron chi connectivity index (χ2n) is 5.39. The van der Waals surface area contributed by atoms with Crippen molar-refractivity contribution < 1.29 is 13.9 Å². The van der Waals surface area contributed by atoms with Crippen LogP contribution in [0.15, 0.2) is 46.9 Å². The summed E-state index contributed by atoms with van der Waals surface area (Å²) in [6.07, 6.45) is 2.06. The molecule has 0 saturated carbocycles. The number of nitrogens with one attached hydrogen (secondary N) is 1. The smallest absolute Gasteiger partial charge is 0.290 e. The molecule has 1 unspecified atom stereocenters. The molecule has 1 amide bonds. The normalized spacial score (nSPS) is 17.7. The van der Waals surface area contributed by atoms with Crippen molar-refractivity contribution in [2.75, 3.05) is 20.1 Å². The molecule has 1 saturated heterocycles. The van der Waals surface area contributed by atoms with Crippen molar-refractivity contribution in [2.24, 2.45) is 0 Å². The van der Waals surface area contributed by atoms with Gasteiger partial charge in [-0.25, -0.2) is 0 Å². The van der Waals surface area contributed by atoms with E-state index in [9.17, 15) is 4.79 Å². The van der Waals surface area contributed by atoms with Gasteiger partial charge in [-0.2, -0.15) is 0 Å². The Labute approximate surface area is 129 Å². The lowest BCUT2D eigenvalue weighted by atomic mass is 10.2. The van der Waals surface area contributed by atoms with Crippen LogP contribution in [0.3, 0.4) is 0 Å². The van der Waals surface area contributed by atoms with E-state index in [1.54, 1.807) is 12.1 Å². The number of benzene rings is 1. The van der Waals surface area contributed by atoms with Gasteiger partial charge >= 0.3 is 0 Å². The summed E-state index contributed by atoms with van der Waals surface area (Å²) in [6, 6.07) is 13.0. The van der Waals surface area contributed by atoms with Gasteiger partial charge in [0.2, 0.25) is 0 Å². The van der Waals surface area contributed by atoms with Crippen LogP contribution < -0.4 is 10.1 Å². The lowest BCUT2D eigenvalue weighted by Gasteiger charge is -2.23. The molecule has 1 aromatic heterocycles. The van der Waals surface area contributed by atoms with Crippen molar-refractivity contribution in [3.8, 4) is 11.7 Å². The van der Waals surface area contributed by atoms with Crippen LogP contribution in [0.25, 0.3) is 0 Å². The summed E-state index contributed by atoms with van der Waals surface area (Å²) in [5.41, 5.74) is 0. The molecule has 2 heterocycles. The number of rotatable bonds is 5. The van der Waals surface area contributed by atoms with Gasteiger partial charge in [-0.1, -0.05) is 18.2 Å². The average Bonchev–Trinajstić information content (AvgIpc) is 3.18. The molecule has 1 fully saturated rings. The Balaban J connectivity index is 1.69. The second kappa shape index (κ2) is 6.66. The molecule has 22 heavy (non-hydrogen) atoms. The highest BCUT2D eigenvalue weighted by atomic mass is 16.6. The third-order valence-electron chi connectivity index (χ3n) is 3.83. The van der Waals surface area contributed by atoms with Crippen LogP contribution in [0.2, 0.25) is 0 Å². The fourth-order valence-electron chi connectivity index (χ4n) is 2.79. The lowest BCUT2D eigenvalue weighted by Crippen LogP contribution is -2.40. The molecular weight excluding hydrogens is 280 g/mol. The van der Waals surface area contributed by atoms with Crippen LogP contribution in [-0.4, -0.2) is 37.0 Å². The van der Waals surface area contributed by atoms with Crippen LogP contribution in [0.1, 0.15) is 23.4 Å². The lowest BCUT2D eigenvalue weighted by molar-refractivity contribution is 0.0699. The average molecular weight is 300 g/mol. The monoisotopic (exact) mass is 300 g/mol. The Morgan fingerprint density at radius 2 is 2.14 bits per heavy atom. The molecule has 2 aromatic rings. The fraction of sp³-hybridized carbons (Fsp3) is 0.353. The summed E-state index contributed by atoms with van der Waals surface area (Å²) in [4.78, 5) is 14.4. The van der Waals surface area contributed by atoms with Gasteiger partial charge < -0.3 is 19.4 Å². The SMILES string of the molecule is CNCC1CCCN1C(=O)c1ccc(Oc2ccccc2)o1. The van der Waals surface area contributed by atoms with Crippen molar-refractivity contribution in [1.82, 2.24) is 10.2 Å². The predicted molar refractivity (Wildman–Crippen MR) is 83.2 cm³/mol. The summed E-state index contributed by atoms with van der Waals surface area (Å²) >= 11 is 0. The zero-order valence-electron chi connectivity index (χ0n) is 12.6. The van der Waals surface area contributed by atoms with E-state index in [0.29, 0.717) is 17.5 Å². The van der Waals surface area contributed by atoms with Crippen LogP contribution in [-0.2, 0) is 0 Å². The van der Waals surface area contributed by atoms with Gasteiger partial charge in [-0.05, 0) is 38.1 Å². The number of furan rings is 1. The zero-order chi connectivity index (χ0) is 15.4. The van der Waals surface area contributed by atoms with Crippen LogP contribution in [0, 0.1) is 0 Å². The number of para-hydroxylation sites is 1. The van der Waals surface area contributed by atoms with Gasteiger partial charge in [0.1, 0.15) is 5.75 Å². The largest absolute Gasteiger partial charge is 0.426 e. The molecule has 5 nitrogen and oxygen atoms in total. The minimum absolute atomic E-state index is 0.0688. The van der Waals surface area contributed by atoms with Crippen molar-refractivity contribution >= 4 is 5.91 Å². The number of carbonyl (C=O) groups excluding carboxylic acids is 1. The number of likely N-dealkylation sites (N-methyl/N-ethyl adjacent to an activating group) is 1. The molecule has 1 aromatic carbocycles. The number of hydrogen-bond acceptors (Lipinski definition) is 4. The van der Waals surface area contributed by atoms with Crippen LogP contribution in [0.4, 0.5) is 0 Å². The Kier molecular flexibility index (Phi) is 4.44. The van der Waals surface area contributed by atoms with Gasteiger partial charge in [0.05, 0.1) is 0 Å². The number of likely N-dealkylation sites (tertiary alicyclic amines) is 1. The molecule has 116 valence electrons. The third-order valence-corrected chi connectivity index (χ3v) is 3.83. The highest BCUT2D eigenvalue weighted by molar-refractivity contribution is 5.92. The maximum atomic E-state index is 12.5. The Morgan fingerprint density at radius 3 is 2.91 bits per heavy atom. The van der Waals surface area contributed by atoms with Gasteiger partial charge in [-0.15, -0.1) is 0 Å². The first-order chi connectivity index (χ1) is 10.8. The molecule has 0 radical (unpaired) electrons. The molecule has 0 aliphatic carbocycles. The molecule has 1 atom stereocenters. The maximum absolute atomic E-state index is 12.5. The minimum Gasteiger partial charge on any atom is -0.426 e. The molecule has 1 N–H and O–H groups in total. The number of amides is 1. The van der Waals surface area contributed by atoms with E-state index in [4.69, 9.17) is 9.15 Å². The van der Waals surface area contributed by atoms with E-state index in [2.05, 4.69) is 5.32 Å². The van der Waals surface area contributed by atoms with E-state index in [1.165, 1.54) is 0 Å². The van der Waals surface area contributed by atoms with Gasteiger partial charge in [-0.3, -0.25) is 4.79 Å². The summed E-state index contributed by atoms with van der Waals surface area (Å²) < 4.78 is 11.2. The summed E-state index contributed by atoms with van der Waals surface area (Å²) in [5.74, 6) is 1.28. The standard InChI is InChI=1S/C17H20N2O3/c1-18-12-13-6-5-11-19(13)17(20)15-9-10-16(22-15)21-14-7-3-2-4-8-14/h2-4,7-10,13,18H,5-6,11-12H2,1H3. The van der Waals surface area contributed by atoms with E-state index in [-0.39, 0.29) is 11.9 Å². The van der Waals surface area contributed by atoms with E-state index >= 15 is 0 Å². The topological polar surface area (TPSA) is 54.7 Å². The number of nitrogens with zero attached hydrogens (tertiary/aromatic N) is 1. The number of hydrogen-bond donors (Lipinski definition) is 1. The van der Waals surface area contributed by atoms with E-state index < -0.39 is 0 Å². The van der Waals surface area contributed by atoms with Gasteiger partial charge in [0.25, 0.3) is 11.9 Å². The number of ether oxygens (including phenoxy) is 1. The van der Waals surface area contributed by atoms with Gasteiger partial charge in [0, 0.05) is 25.2 Å². The number of carbonyl (C=O) groups is 1. The van der Waals surface area contributed by atoms with Crippen LogP contribution in [0.5, 0.6) is 11.7 Å². The third kappa shape index (κ3) is 3.14.